The number of carbonyl (C=O) groups is 2. The molecule has 0 spiro atoms. The molecule has 5 heteroatoms. The van der Waals surface area contributed by atoms with Gasteiger partial charge in [0.05, 0.1) is 5.33 Å². The van der Waals surface area contributed by atoms with E-state index in [9.17, 15) is 9.59 Å². The highest BCUT2D eigenvalue weighted by Gasteiger charge is 2.15. The van der Waals surface area contributed by atoms with Crippen LogP contribution >= 0.6 is 15.9 Å². The van der Waals surface area contributed by atoms with E-state index in [2.05, 4.69) is 21.2 Å². The highest BCUT2D eigenvalue weighted by atomic mass is 79.9. The van der Waals surface area contributed by atoms with Gasteiger partial charge in [-0.05, 0) is 6.42 Å². The van der Waals surface area contributed by atoms with Gasteiger partial charge in [-0.15, -0.1) is 0 Å². The van der Waals surface area contributed by atoms with Crippen LogP contribution in [0.5, 0.6) is 0 Å². The molecule has 0 aliphatic heterocycles. The van der Waals surface area contributed by atoms with E-state index in [0.29, 0.717) is 6.42 Å². The van der Waals surface area contributed by atoms with Crippen LogP contribution in [0.15, 0.2) is 0 Å². The molecule has 2 N–H and O–H groups in total. The van der Waals surface area contributed by atoms with E-state index in [1.165, 1.54) is 0 Å². The number of halogens is 1. The molecule has 0 heterocycles. The molecule has 11 heavy (non-hydrogen) atoms. The van der Waals surface area contributed by atoms with Crippen molar-refractivity contribution >= 4 is 27.8 Å². The first-order chi connectivity index (χ1) is 5.11. The third-order valence-electron chi connectivity index (χ3n) is 1.16. The van der Waals surface area contributed by atoms with Crippen LogP contribution in [-0.2, 0) is 9.59 Å². The topological polar surface area (TPSA) is 66.4 Å². The quantitative estimate of drug-likeness (QED) is 0.677. The molecule has 0 aromatic heterocycles. The molecule has 0 saturated carbocycles. The Morgan fingerprint density at radius 2 is 2.18 bits per heavy atom. The molecule has 1 amide bonds. The van der Waals surface area contributed by atoms with Gasteiger partial charge in [0.2, 0.25) is 5.91 Å². The molecule has 0 rings (SSSR count). The van der Waals surface area contributed by atoms with Crippen LogP contribution in [0, 0.1) is 0 Å². The molecule has 1 unspecified atom stereocenters. The van der Waals surface area contributed by atoms with Crippen LogP contribution in [0.1, 0.15) is 13.3 Å². The summed E-state index contributed by atoms with van der Waals surface area (Å²) < 4.78 is 0. The second-order valence-corrected chi connectivity index (χ2v) is 2.56. The van der Waals surface area contributed by atoms with Gasteiger partial charge < -0.3 is 10.4 Å². The molecule has 0 saturated heterocycles. The summed E-state index contributed by atoms with van der Waals surface area (Å²) in [4.78, 5) is 21.0. The largest absolute Gasteiger partial charge is 0.480 e. The summed E-state index contributed by atoms with van der Waals surface area (Å²) in [6, 6.07) is -0.764. The van der Waals surface area contributed by atoms with Crippen LogP contribution in [-0.4, -0.2) is 28.4 Å². The van der Waals surface area contributed by atoms with Crippen molar-refractivity contribution in [2.45, 2.75) is 19.4 Å². The van der Waals surface area contributed by atoms with E-state index in [4.69, 9.17) is 5.11 Å². The van der Waals surface area contributed by atoms with Crippen LogP contribution in [0.3, 0.4) is 0 Å². The number of carboxylic acids is 1. The molecule has 0 aromatic carbocycles. The molecule has 0 radical (unpaired) electrons. The fourth-order valence-corrected chi connectivity index (χ4v) is 0.733. The van der Waals surface area contributed by atoms with Crippen molar-refractivity contribution in [1.29, 1.82) is 0 Å². The number of hydrogen-bond donors (Lipinski definition) is 2. The third-order valence-corrected chi connectivity index (χ3v) is 1.67. The van der Waals surface area contributed by atoms with Crippen molar-refractivity contribution in [1.82, 2.24) is 5.32 Å². The van der Waals surface area contributed by atoms with Gasteiger partial charge in [0.25, 0.3) is 0 Å². The van der Waals surface area contributed by atoms with Crippen LogP contribution in [0.4, 0.5) is 0 Å². The Morgan fingerprint density at radius 1 is 1.64 bits per heavy atom. The fraction of sp³-hybridized carbons (Fsp3) is 0.667. The van der Waals surface area contributed by atoms with Crippen molar-refractivity contribution in [2.75, 3.05) is 5.33 Å². The number of nitrogens with one attached hydrogen (secondary N) is 1. The summed E-state index contributed by atoms with van der Waals surface area (Å²) in [5.41, 5.74) is 0. The summed E-state index contributed by atoms with van der Waals surface area (Å²) in [6.07, 6.45) is 0.397. The van der Waals surface area contributed by atoms with Gasteiger partial charge in [-0.1, -0.05) is 22.9 Å². The number of rotatable bonds is 4. The molecule has 0 aliphatic carbocycles. The Bertz CT molecular complexity index is 160. The Hall–Kier alpha value is -0.580. The van der Waals surface area contributed by atoms with E-state index in [1.807, 2.05) is 0 Å². The van der Waals surface area contributed by atoms with Crippen molar-refractivity contribution in [3.63, 3.8) is 0 Å². The molecule has 0 bridgehead atoms. The summed E-state index contributed by atoms with van der Waals surface area (Å²) in [6.45, 7) is 1.70. The van der Waals surface area contributed by atoms with E-state index < -0.39 is 12.0 Å². The normalized spacial score (nSPS) is 12.2. The van der Waals surface area contributed by atoms with Crippen molar-refractivity contribution in [3.05, 3.63) is 0 Å². The summed E-state index contributed by atoms with van der Waals surface area (Å²) in [5, 5.41) is 11.0. The highest BCUT2D eigenvalue weighted by molar-refractivity contribution is 9.09. The lowest BCUT2D eigenvalue weighted by atomic mass is 10.2. The average molecular weight is 224 g/mol. The molecule has 0 fully saturated rings. The zero-order valence-corrected chi connectivity index (χ0v) is 7.72. The fourth-order valence-electron chi connectivity index (χ4n) is 0.571. The predicted octanol–water partition coefficient (Wildman–Crippen LogP) is 0.361. The van der Waals surface area contributed by atoms with Gasteiger partial charge in [0.15, 0.2) is 0 Å². The lowest BCUT2D eigenvalue weighted by Crippen LogP contribution is -2.40. The first-order valence-corrected chi connectivity index (χ1v) is 4.32. The third kappa shape index (κ3) is 3.98. The van der Waals surface area contributed by atoms with Gasteiger partial charge in [-0.25, -0.2) is 4.79 Å². The minimum Gasteiger partial charge on any atom is -0.480 e. The van der Waals surface area contributed by atoms with E-state index in [0.717, 1.165) is 0 Å². The molecule has 0 aromatic rings. The van der Waals surface area contributed by atoms with E-state index in [-0.39, 0.29) is 11.2 Å². The maximum absolute atomic E-state index is 10.7. The monoisotopic (exact) mass is 223 g/mol. The minimum absolute atomic E-state index is 0.136. The number of aliphatic carboxylic acids is 1. The maximum Gasteiger partial charge on any atom is 0.326 e. The van der Waals surface area contributed by atoms with Crippen molar-refractivity contribution in [2.24, 2.45) is 0 Å². The van der Waals surface area contributed by atoms with Crippen LogP contribution in [0.2, 0.25) is 0 Å². The van der Waals surface area contributed by atoms with Crippen molar-refractivity contribution in [3.8, 4) is 0 Å². The number of hydrogen-bond acceptors (Lipinski definition) is 2. The number of carbonyl (C=O) groups excluding carboxylic acids is 1. The van der Waals surface area contributed by atoms with Crippen molar-refractivity contribution < 1.29 is 14.7 Å². The number of amides is 1. The Labute approximate surface area is 73.1 Å². The smallest absolute Gasteiger partial charge is 0.326 e. The lowest BCUT2D eigenvalue weighted by molar-refractivity contribution is -0.141. The van der Waals surface area contributed by atoms with Crippen LogP contribution < -0.4 is 5.32 Å². The molecule has 4 nitrogen and oxygen atoms in total. The standard InChI is InChI=1S/C6H10BrNO3/c1-2-4(6(10)11)8-5(9)3-7/h4H,2-3H2,1H3,(H,8,9)(H,10,11). The van der Waals surface area contributed by atoms with Gasteiger partial charge in [0, 0.05) is 0 Å². The van der Waals surface area contributed by atoms with Gasteiger partial charge in [0.1, 0.15) is 6.04 Å². The maximum atomic E-state index is 10.7. The first kappa shape index (κ1) is 10.4. The highest BCUT2D eigenvalue weighted by Crippen LogP contribution is 1.91. The minimum atomic E-state index is -0.998. The Kier molecular flexibility index (Phi) is 4.85. The summed E-state index contributed by atoms with van der Waals surface area (Å²) >= 11 is 2.92. The molecule has 1 atom stereocenters. The average Bonchev–Trinajstić information content (AvgIpc) is 1.99. The van der Waals surface area contributed by atoms with Gasteiger partial charge in [-0.3, -0.25) is 4.79 Å². The molecule has 64 valence electrons. The van der Waals surface area contributed by atoms with Gasteiger partial charge in [-0.2, -0.15) is 0 Å². The zero-order valence-electron chi connectivity index (χ0n) is 6.13. The molecular formula is C6H10BrNO3. The summed E-state index contributed by atoms with van der Waals surface area (Å²) in [5.74, 6) is -1.30. The lowest BCUT2D eigenvalue weighted by Gasteiger charge is -2.09. The van der Waals surface area contributed by atoms with Gasteiger partial charge >= 0.3 is 5.97 Å². The Morgan fingerprint density at radius 3 is 2.45 bits per heavy atom. The zero-order chi connectivity index (χ0) is 8.85. The molecule has 0 aliphatic rings. The van der Waals surface area contributed by atoms with Crippen LogP contribution in [0.25, 0.3) is 0 Å². The Balaban J connectivity index is 3.88. The number of carboxylic acid groups (broad SMARTS) is 1. The van der Waals surface area contributed by atoms with E-state index >= 15 is 0 Å². The second-order valence-electron chi connectivity index (χ2n) is 2.00. The number of alkyl halides is 1. The predicted molar refractivity (Wildman–Crippen MR) is 43.7 cm³/mol. The summed E-state index contributed by atoms with van der Waals surface area (Å²) in [7, 11) is 0. The SMILES string of the molecule is CCC(NC(=O)CBr)C(=O)O. The second kappa shape index (κ2) is 5.12. The van der Waals surface area contributed by atoms with E-state index in [1.54, 1.807) is 6.92 Å². The molecular weight excluding hydrogens is 214 g/mol. The first-order valence-electron chi connectivity index (χ1n) is 3.20.